The number of nitrogens with one attached hydrogen (secondary N) is 2. The number of ether oxygens (including phenoxy) is 1. The lowest BCUT2D eigenvalue weighted by molar-refractivity contribution is -0.121. The highest BCUT2D eigenvalue weighted by atomic mass is 19.1. The number of halogens is 1. The van der Waals surface area contributed by atoms with Crippen LogP contribution in [0.15, 0.2) is 48.5 Å². The third-order valence-electron chi connectivity index (χ3n) is 4.29. The summed E-state index contributed by atoms with van der Waals surface area (Å²) in [6.45, 7) is 5.10. The molecule has 0 aromatic heterocycles. The number of carbonyl (C=O) groups is 2. The highest BCUT2D eigenvalue weighted by Gasteiger charge is 2.17. The van der Waals surface area contributed by atoms with Gasteiger partial charge in [0.05, 0.1) is 12.5 Å². The molecule has 2 aromatic carbocycles. The SMILES string of the molecule is CC(C)COc1ccccc1CNC(=O)NCC(Cc1ccc(F)cc1)C(N)=O. The van der Waals surface area contributed by atoms with E-state index in [2.05, 4.69) is 24.5 Å². The van der Waals surface area contributed by atoms with Crippen molar-refractivity contribution in [2.75, 3.05) is 13.2 Å². The van der Waals surface area contributed by atoms with E-state index in [1.807, 2.05) is 24.3 Å². The largest absolute Gasteiger partial charge is 0.493 e. The Labute approximate surface area is 170 Å². The van der Waals surface area contributed by atoms with Gasteiger partial charge >= 0.3 is 6.03 Å². The highest BCUT2D eigenvalue weighted by Crippen LogP contribution is 2.18. The van der Waals surface area contributed by atoms with Gasteiger partial charge in [-0.1, -0.05) is 44.2 Å². The highest BCUT2D eigenvalue weighted by molar-refractivity contribution is 5.79. The smallest absolute Gasteiger partial charge is 0.315 e. The maximum atomic E-state index is 13.0. The van der Waals surface area contributed by atoms with E-state index in [-0.39, 0.29) is 12.4 Å². The first-order valence-electron chi connectivity index (χ1n) is 9.61. The van der Waals surface area contributed by atoms with Crippen molar-refractivity contribution in [3.8, 4) is 5.75 Å². The minimum absolute atomic E-state index is 0.0873. The van der Waals surface area contributed by atoms with Crippen molar-refractivity contribution in [2.45, 2.75) is 26.8 Å². The van der Waals surface area contributed by atoms with Crippen molar-refractivity contribution in [2.24, 2.45) is 17.6 Å². The van der Waals surface area contributed by atoms with Gasteiger partial charge in [0, 0.05) is 18.7 Å². The lowest BCUT2D eigenvalue weighted by atomic mass is 9.98. The Morgan fingerprint density at radius 1 is 1.07 bits per heavy atom. The molecule has 0 aliphatic heterocycles. The van der Waals surface area contributed by atoms with Crippen LogP contribution in [-0.2, 0) is 17.8 Å². The number of amides is 3. The third-order valence-corrected chi connectivity index (χ3v) is 4.29. The normalized spacial score (nSPS) is 11.7. The topological polar surface area (TPSA) is 93.4 Å². The minimum Gasteiger partial charge on any atom is -0.493 e. The summed E-state index contributed by atoms with van der Waals surface area (Å²) < 4.78 is 18.8. The lowest BCUT2D eigenvalue weighted by Crippen LogP contribution is -2.41. The predicted octanol–water partition coefficient (Wildman–Crippen LogP) is 3.00. The molecule has 0 heterocycles. The van der Waals surface area contributed by atoms with E-state index < -0.39 is 17.9 Å². The van der Waals surface area contributed by atoms with Gasteiger partial charge in [-0.15, -0.1) is 0 Å². The summed E-state index contributed by atoms with van der Waals surface area (Å²) in [7, 11) is 0. The summed E-state index contributed by atoms with van der Waals surface area (Å²) in [5, 5.41) is 5.43. The second kappa shape index (κ2) is 11.0. The maximum absolute atomic E-state index is 13.0. The Hall–Kier alpha value is -3.09. The van der Waals surface area contributed by atoms with Gasteiger partial charge in [0.25, 0.3) is 0 Å². The first kappa shape index (κ1) is 22.2. The summed E-state index contributed by atoms with van der Waals surface area (Å²) in [5.41, 5.74) is 7.08. The van der Waals surface area contributed by atoms with E-state index in [9.17, 15) is 14.0 Å². The molecule has 0 saturated heterocycles. The molecule has 0 bridgehead atoms. The van der Waals surface area contributed by atoms with Crippen molar-refractivity contribution in [3.63, 3.8) is 0 Å². The summed E-state index contributed by atoms with van der Waals surface area (Å²) >= 11 is 0. The predicted molar refractivity (Wildman–Crippen MR) is 110 cm³/mol. The van der Waals surface area contributed by atoms with Gasteiger partial charge in [0.2, 0.25) is 5.91 Å². The summed E-state index contributed by atoms with van der Waals surface area (Å²) in [6.07, 6.45) is 0.321. The number of para-hydroxylation sites is 1. The van der Waals surface area contributed by atoms with Crippen molar-refractivity contribution >= 4 is 11.9 Å². The molecule has 29 heavy (non-hydrogen) atoms. The Morgan fingerprint density at radius 3 is 2.41 bits per heavy atom. The van der Waals surface area contributed by atoms with E-state index >= 15 is 0 Å². The van der Waals surface area contributed by atoms with Gasteiger partial charge in [-0.05, 0) is 36.1 Å². The van der Waals surface area contributed by atoms with Gasteiger partial charge in [-0.2, -0.15) is 0 Å². The Kier molecular flexibility index (Phi) is 8.45. The average molecular weight is 401 g/mol. The first-order chi connectivity index (χ1) is 13.8. The van der Waals surface area contributed by atoms with Crippen molar-refractivity contribution in [3.05, 3.63) is 65.5 Å². The number of primary amides is 1. The number of carbonyl (C=O) groups excluding carboxylic acids is 2. The molecule has 4 N–H and O–H groups in total. The van der Waals surface area contributed by atoms with Crippen LogP contribution in [0.1, 0.15) is 25.0 Å². The van der Waals surface area contributed by atoms with Crippen LogP contribution in [0.4, 0.5) is 9.18 Å². The molecule has 2 aromatic rings. The maximum Gasteiger partial charge on any atom is 0.315 e. The number of hydrogen-bond donors (Lipinski definition) is 3. The van der Waals surface area contributed by atoms with Crippen molar-refractivity contribution in [1.82, 2.24) is 10.6 Å². The molecule has 2 rings (SSSR count). The zero-order valence-corrected chi connectivity index (χ0v) is 16.8. The van der Waals surface area contributed by atoms with Gasteiger partial charge in [-0.25, -0.2) is 9.18 Å². The van der Waals surface area contributed by atoms with Crippen LogP contribution in [0, 0.1) is 17.7 Å². The average Bonchev–Trinajstić information content (AvgIpc) is 2.69. The van der Waals surface area contributed by atoms with Gasteiger partial charge in [-0.3, -0.25) is 4.79 Å². The molecule has 7 heteroatoms. The van der Waals surface area contributed by atoms with E-state index in [0.29, 0.717) is 25.5 Å². The Morgan fingerprint density at radius 2 is 1.76 bits per heavy atom. The standard InChI is InChI=1S/C22H28FN3O3/c1-15(2)14-29-20-6-4-3-5-17(20)12-25-22(28)26-13-18(21(24)27)11-16-7-9-19(23)10-8-16/h3-10,15,18H,11-14H2,1-2H3,(H2,24,27)(H2,25,26,28). The molecule has 1 atom stereocenters. The van der Waals surface area contributed by atoms with Gasteiger partial charge < -0.3 is 21.1 Å². The molecule has 156 valence electrons. The minimum atomic E-state index is -0.590. The lowest BCUT2D eigenvalue weighted by Gasteiger charge is -2.16. The number of hydrogen-bond acceptors (Lipinski definition) is 3. The zero-order valence-electron chi connectivity index (χ0n) is 16.8. The van der Waals surface area contributed by atoms with Crippen molar-refractivity contribution < 1.29 is 18.7 Å². The Bertz CT molecular complexity index is 809. The van der Waals surface area contributed by atoms with Crippen molar-refractivity contribution in [1.29, 1.82) is 0 Å². The van der Waals surface area contributed by atoms with E-state index in [4.69, 9.17) is 10.5 Å². The van der Waals surface area contributed by atoms with E-state index in [0.717, 1.165) is 16.9 Å². The first-order valence-corrected chi connectivity index (χ1v) is 9.61. The molecule has 1 unspecified atom stereocenters. The second-order valence-electron chi connectivity index (χ2n) is 7.31. The summed E-state index contributed by atoms with van der Waals surface area (Å²) in [6, 6.07) is 12.9. The van der Waals surface area contributed by atoms with Crippen LogP contribution in [-0.4, -0.2) is 25.1 Å². The fraction of sp³-hybridized carbons (Fsp3) is 0.364. The zero-order chi connectivity index (χ0) is 21.2. The van der Waals surface area contributed by atoms with E-state index in [1.54, 1.807) is 12.1 Å². The molecule has 0 spiro atoms. The van der Waals surface area contributed by atoms with Gasteiger partial charge in [0.1, 0.15) is 11.6 Å². The quantitative estimate of drug-likeness (QED) is 0.571. The van der Waals surface area contributed by atoms with Gasteiger partial charge in [0.15, 0.2) is 0 Å². The van der Waals surface area contributed by atoms with Crippen LogP contribution in [0.5, 0.6) is 5.75 Å². The molecule has 0 radical (unpaired) electrons. The molecule has 0 fully saturated rings. The number of nitrogens with two attached hydrogens (primary N) is 1. The van der Waals surface area contributed by atoms with Crippen LogP contribution >= 0.6 is 0 Å². The summed E-state index contributed by atoms with van der Waals surface area (Å²) in [5.74, 6) is -0.339. The fourth-order valence-corrected chi connectivity index (χ4v) is 2.68. The molecular weight excluding hydrogens is 373 g/mol. The molecule has 0 saturated carbocycles. The van der Waals surface area contributed by atoms with Crippen LogP contribution < -0.4 is 21.1 Å². The number of rotatable bonds is 10. The molecule has 6 nitrogen and oxygen atoms in total. The van der Waals surface area contributed by atoms with Crippen LogP contribution in [0.2, 0.25) is 0 Å². The molecule has 0 aliphatic carbocycles. The third kappa shape index (κ3) is 7.81. The monoisotopic (exact) mass is 401 g/mol. The molecule has 0 aliphatic rings. The Balaban J connectivity index is 1.85. The molecular formula is C22H28FN3O3. The van der Waals surface area contributed by atoms with E-state index in [1.165, 1.54) is 12.1 Å². The van der Waals surface area contributed by atoms with Crippen LogP contribution in [0.25, 0.3) is 0 Å². The van der Waals surface area contributed by atoms with Crippen LogP contribution in [0.3, 0.4) is 0 Å². The number of urea groups is 1. The summed E-state index contributed by atoms with van der Waals surface area (Å²) in [4.78, 5) is 23.8. The number of benzene rings is 2. The second-order valence-corrected chi connectivity index (χ2v) is 7.31. The fourth-order valence-electron chi connectivity index (χ4n) is 2.68. The molecule has 3 amide bonds.